The van der Waals surface area contributed by atoms with E-state index in [4.69, 9.17) is 0 Å². The Morgan fingerprint density at radius 1 is 1.00 bits per heavy atom. The minimum Gasteiger partial charge on any atom is -0.357 e. The molecule has 8 nitrogen and oxygen atoms in total. The molecule has 160 valence electrons. The lowest BCUT2D eigenvalue weighted by Crippen LogP contribution is -2.19. The van der Waals surface area contributed by atoms with Crippen molar-refractivity contribution in [2.24, 2.45) is 7.05 Å². The quantitative estimate of drug-likeness (QED) is 0.545. The molecule has 1 fully saturated rings. The first-order valence-corrected chi connectivity index (χ1v) is 9.81. The minimum atomic E-state index is -0.411. The number of hydrogen-bond acceptors (Lipinski definition) is 5. The van der Waals surface area contributed by atoms with Crippen LogP contribution in [0.2, 0.25) is 0 Å². The zero-order valence-electron chi connectivity index (χ0n) is 16.9. The fourth-order valence-electron chi connectivity index (χ4n) is 3.24. The third kappa shape index (κ3) is 4.85. The summed E-state index contributed by atoms with van der Waals surface area (Å²) in [5.41, 5.74) is 1.000. The van der Waals surface area contributed by atoms with Crippen molar-refractivity contribution in [1.29, 1.82) is 0 Å². The van der Waals surface area contributed by atoms with Crippen LogP contribution in [0, 0.1) is 11.6 Å². The third-order valence-corrected chi connectivity index (χ3v) is 4.79. The van der Waals surface area contributed by atoms with Gasteiger partial charge in [0.2, 0.25) is 0 Å². The first-order chi connectivity index (χ1) is 15.0. The number of nitrogens with one attached hydrogen (secondary N) is 1. The summed E-state index contributed by atoms with van der Waals surface area (Å²) in [5.74, 6) is 0.317. The Hall–Kier alpha value is -3.82. The zero-order chi connectivity index (χ0) is 21.8. The molecule has 4 heterocycles. The van der Waals surface area contributed by atoms with Crippen molar-refractivity contribution < 1.29 is 13.6 Å². The number of nitrogens with zero attached hydrogens (tertiary/aromatic N) is 6. The lowest BCUT2D eigenvalue weighted by Gasteiger charge is -2.16. The van der Waals surface area contributed by atoms with Gasteiger partial charge in [0, 0.05) is 38.6 Å². The van der Waals surface area contributed by atoms with Crippen LogP contribution in [0.3, 0.4) is 0 Å². The van der Waals surface area contributed by atoms with Gasteiger partial charge in [-0.05, 0) is 43.2 Å². The molecular weight excluding hydrogens is 404 g/mol. The van der Waals surface area contributed by atoms with Crippen LogP contribution in [0.5, 0.6) is 0 Å². The molecule has 4 aromatic rings. The number of carbonyl (C=O) groups is 1. The van der Waals surface area contributed by atoms with E-state index in [0.717, 1.165) is 43.2 Å². The molecule has 0 saturated carbocycles. The molecule has 1 aromatic carbocycles. The highest BCUT2D eigenvalue weighted by molar-refractivity contribution is 6.07. The average molecular weight is 425 g/mol. The summed E-state index contributed by atoms with van der Waals surface area (Å²) in [6, 6.07) is 7.99. The van der Waals surface area contributed by atoms with Crippen LogP contribution >= 0.6 is 0 Å². The number of aromatic nitrogens is 5. The smallest absolute Gasteiger partial charge is 0.262 e. The van der Waals surface area contributed by atoms with Gasteiger partial charge in [0.25, 0.3) is 5.91 Å². The van der Waals surface area contributed by atoms with Gasteiger partial charge in [0.1, 0.15) is 23.0 Å². The summed E-state index contributed by atoms with van der Waals surface area (Å²) in [4.78, 5) is 19.3. The number of anilines is 2. The molecular formula is C21H21F2N7O. The fraction of sp³-hybridized carbons (Fsp3) is 0.238. The number of hydrogen-bond donors (Lipinski definition) is 1. The summed E-state index contributed by atoms with van der Waals surface area (Å²) in [5, 5.41) is 11.1. The second kappa shape index (κ2) is 8.90. The Morgan fingerprint density at radius 2 is 1.68 bits per heavy atom. The molecule has 3 aromatic heterocycles. The van der Waals surface area contributed by atoms with Crippen LogP contribution < -0.4 is 10.2 Å². The Bertz CT molecular complexity index is 1160. The normalized spacial score (nSPS) is 13.2. The van der Waals surface area contributed by atoms with Gasteiger partial charge in [-0.2, -0.15) is 10.2 Å². The largest absolute Gasteiger partial charge is 0.357 e. The van der Waals surface area contributed by atoms with Gasteiger partial charge in [0.05, 0.1) is 6.20 Å². The van der Waals surface area contributed by atoms with Gasteiger partial charge in [-0.15, -0.1) is 0 Å². The summed E-state index contributed by atoms with van der Waals surface area (Å²) >= 11 is 0. The molecule has 0 bridgehead atoms. The van der Waals surface area contributed by atoms with E-state index in [1.165, 1.54) is 19.0 Å². The minimum absolute atomic E-state index is 0.259. The van der Waals surface area contributed by atoms with Crippen molar-refractivity contribution in [1.82, 2.24) is 24.4 Å². The maximum atomic E-state index is 12.5. The molecule has 0 unspecified atom stereocenters. The second-order valence-electron chi connectivity index (χ2n) is 7.07. The number of aryl methyl sites for hydroxylation is 1. The van der Waals surface area contributed by atoms with Gasteiger partial charge in [0.15, 0.2) is 11.5 Å². The topological polar surface area (TPSA) is 80.4 Å². The first-order valence-electron chi connectivity index (χ1n) is 9.81. The summed E-state index contributed by atoms with van der Waals surface area (Å²) in [7, 11) is 1.80. The average Bonchev–Trinajstić information content (AvgIpc) is 3.51. The maximum Gasteiger partial charge on any atom is 0.262 e. The fourth-order valence-corrected chi connectivity index (χ4v) is 3.24. The van der Waals surface area contributed by atoms with E-state index in [1.807, 2.05) is 12.3 Å². The Balaban J connectivity index is 0.000000245. The maximum absolute atomic E-state index is 12.5. The molecule has 0 aliphatic carbocycles. The van der Waals surface area contributed by atoms with Crippen molar-refractivity contribution in [3.8, 4) is 0 Å². The number of carbonyl (C=O) groups excluding carboxylic acids is 1. The molecule has 1 amide bonds. The molecule has 31 heavy (non-hydrogen) atoms. The van der Waals surface area contributed by atoms with Crippen LogP contribution in [0.1, 0.15) is 23.2 Å². The molecule has 10 heteroatoms. The Kier molecular flexibility index (Phi) is 5.87. The van der Waals surface area contributed by atoms with Gasteiger partial charge in [-0.3, -0.25) is 9.48 Å². The zero-order valence-corrected chi connectivity index (χ0v) is 16.9. The van der Waals surface area contributed by atoms with Gasteiger partial charge < -0.3 is 10.2 Å². The lowest BCUT2D eigenvalue weighted by molar-refractivity contribution is 0.102. The van der Waals surface area contributed by atoms with E-state index in [9.17, 15) is 13.6 Å². The van der Waals surface area contributed by atoms with Gasteiger partial charge >= 0.3 is 0 Å². The van der Waals surface area contributed by atoms with Gasteiger partial charge in [-0.25, -0.2) is 18.3 Å². The summed E-state index contributed by atoms with van der Waals surface area (Å²) < 4.78 is 27.1. The van der Waals surface area contributed by atoms with Gasteiger partial charge in [-0.1, -0.05) is 0 Å². The number of halogens is 2. The van der Waals surface area contributed by atoms with Crippen molar-refractivity contribution in [3.63, 3.8) is 0 Å². The molecule has 1 aliphatic heterocycles. The van der Waals surface area contributed by atoms with E-state index < -0.39 is 11.6 Å². The number of amides is 1. The molecule has 1 aliphatic rings. The molecule has 0 atom stereocenters. The summed E-state index contributed by atoms with van der Waals surface area (Å²) in [6.45, 7) is 2.01. The van der Waals surface area contributed by atoms with E-state index in [-0.39, 0.29) is 5.91 Å². The highest BCUT2D eigenvalue weighted by Crippen LogP contribution is 2.20. The Labute approximate surface area is 177 Å². The lowest BCUT2D eigenvalue weighted by atomic mass is 10.3. The van der Waals surface area contributed by atoms with E-state index >= 15 is 0 Å². The Morgan fingerprint density at radius 3 is 2.29 bits per heavy atom. The molecule has 0 radical (unpaired) electrons. The predicted octanol–water partition coefficient (Wildman–Crippen LogP) is 3.28. The van der Waals surface area contributed by atoms with E-state index in [2.05, 4.69) is 25.4 Å². The number of rotatable bonds is 3. The molecule has 1 N–H and O–H groups in total. The number of benzene rings is 1. The van der Waals surface area contributed by atoms with Crippen LogP contribution in [0.25, 0.3) is 5.65 Å². The highest BCUT2D eigenvalue weighted by Gasteiger charge is 2.18. The van der Waals surface area contributed by atoms with Crippen molar-refractivity contribution in [2.75, 3.05) is 23.3 Å². The summed E-state index contributed by atoms with van der Waals surface area (Å²) in [6.07, 6.45) is 7.51. The van der Waals surface area contributed by atoms with E-state index in [1.54, 1.807) is 28.5 Å². The standard InChI is InChI=1S/C15H17N7O.C6H4F2/c1-20-8-4-12(19-20)17-15(23)11-10-16-22-9-5-13(18-14(11)22)21-6-2-3-7-21;7-5-1-2-6(8)4-3-5/h4-5,8-10H,2-3,6-7H2,1H3,(H,17,19,23);1-4H. The first kappa shape index (κ1) is 20.5. The number of fused-ring (bicyclic) bond motifs is 1. The van der Waals surface area contributed by atoms with Crippen molar-refractivity contribution >= 4 is 23.2 Å². The van der Waals surface area contributed by atoms with Crippen LogP contribution in [-0.2, 0) is 7.05 Å². The monoisotopic (exact) mass is 425 g/mol. The highest BCUT2D eigenvalue weighted by atomic mass is 19.1. The molecule has 1 saturated heterocycles. The van der Waals surface area contributed by atoms with Crippen LogP contribution in [0.4, 0.5) is 20.4 Å². The van der Waals surface area contributed by atoms with E-state index in [0.29, 0.717) is 17.0 Å². The predicted molar refractivity (Wildman–Crippen MR) is 112 cm³/mol. The van der Waals surface area contributed by atoms with Crippen molar-refractivity contribution in [2.45, 2.75) is 12.8 Å². The van der Waals surface area contributed by atoms with Crippen LogP contribution in [-0.4, -0.2) is 43.4 Å². The SMILES string of the molecule is Cn1ccc(NC(=O)c2cnn3ccc(N4CCCC4)nc23)n1.Fc1ccc(F)cc1. The van der Waals surface area contributed by atoms with Crippen LogP contribution in [0.15, 0.2) is 55.0 Å². The second-order valence-corrected chi connectivity index (χ2v) is 7.07. The van der Waals surface area contributed by atoms with Crippen molar-refractivity contribution in [3.05, 3.63) is 72.2 Å². The molecule has 0 spiro atoms. The third-order valence-electron chi connectivity index (χ3n) is 4.79. The molecule has 5 rings (SSSR count).